The number of benzene rings is 4. The van der Waals surface area contributed by atoms with Crippen molar-refractivity contribution in [3.63, 3.8) is 0 Å². The van der Waals surface area contributed by atoms with E-state index in [0.717, 1.165) is 31.2 Å². The summed E-state index contributed by atoms with van der Waals surface area (Å²) in [6.07, 6.45) is 5.60. The lowest BCUT2D eigenvalue weighted by atomic mass is 9.96. The molecule has 5 aromatic rings. The summed E-state index contributed by atoms with van der Waals surface area (Å²) >= 11 is 1.43. The lowest BCUT2D eigenvalue weighted by Crippen LogP contribution is -2.15. The highest BCUT2D eigenvalue weighted by molar-refractivity contribution is 7.98. The molecule has 6 rings (SSSR count). The predicted molar refractivity (Wildman–Crippen MR) is 167 cm³/mol. The number of anilines is 1. The molecular formula is C32H30N6O5S. The highest BCUT2D eigenvalue weighted by atomic mass is 32.2. The summed E-state index contributed by atoms with van der Waals surface area (Å²) in [7, 11) is 0. The van der Waals surface area contributed by atoms with Gasteiger partial charge in [0, 0.05) is 28.3 Å². The second kappa shape index (κ2) is 12.7. The van der Waals surface area contributed by atoms with Gasteiger partial charge in [-0.25, -0.2) is 4.68 Å². The Labute approximate surface area is 257 Å². The molecule has 0 aliphatic heterocycles. The Bertz CT molecular complexity index is 1850. The fraction of sp³-hybridized carbons (Fsp3) is 0.250. The van der Waals surface area contributed by atoms with Gasteiger partial charge >= 0.3 is 5.69 Å². The molecule has 1 aliphatic rings. The first-order valence-electron chi connectivity index (χ1n) is 14.4. The number of nitrogens with one attached hydrogen (secondary N) is 1. The average Bonchev–Trinajstić information content (AvgIpc) is 3.52. The van der Waals surface area contributed by atoms with Crippen LogP contribution in [-0.2, 0) is 5.75 Å². The van der Waals surface area contributed by atoms with Crippen LogP contribution in [0.5, 0.6) is 17.2 Å². The Balaban J connectivity index is 1.28. The fourth-order valence-corrected chi connectivity index (χ4v) is 6.36. The quantitative estimate of drug-likeness (QED) is 0.0979. The minimum Gasteiger partial charge on any atom is -0.506 e. The molecule has 0 bridgehead atoms. The third-order valence-electron chi connectivity index (χ3n) is 7.81. The molecule has 1 fully saturated rings. The highest BCUT2D eigenvalue weighted by Gasteiger charge is 2.24. The maximum absolute atomic E-state index is 13.3. The van der Waals surface area contributed by atoms with Gasteiger partial charge in [0.2, 0.25) is 10.9 Å². The number of para-hydroxylation sites is 1. The summed E-state index contributed by atoms with van der Waals surface area (Å²) in [5, 5.41) is 39.8. The van der Waals surface area contributed by atoms with Gasteiger partial charge in [0.05, 0.1) is 16.5 Å². The number of thioether (sulfide) groups is 1. The van der Waals surface area contributed by atoms with Gasteiger partial charge in [-0.1, -0.05) is 79.6 Å². The number of phenols is 1. The van der Waals surface area contributed by atoms with E-state index in [2.05, 4.69) is 20.8 Å². The molecule has 1 aromatic heterocycles. The summed E-state index contributed by atoms with van der Waals surface area (Å²) in [5.41, 5.74) is 1.92. The molecule has 11 nitrogen and oxygen atoms in total. The van der Waals surface area contributed by atoms with Gasteiger partial charge in [-0.05, 0) is 59.5 Å². The zero-order valence-electron chi connectivity index (χ0n) is 24.0. The van der Waals surface area contributed by atoms with Gasteiger partial charge in [-0.15, -0.1) is 5.10 Å². The van der Waals surface area contributed by atoms with E-state index in [0.29, 0.717) is 32.9 Å². The van der Waals surface area contributed by atoms with Crippen LogP contribution < -0.4 is 10.1 Å². The van der Waals surface area contributed by atoms with E-state index >= 15 is 0 Å². The molecule has 0 spiro atoms. The third-order valence-corrected chi connectivity index (χ3v) is 8.81. The number of rotatable bonds is 9. The van der Waals surface area contributed by atoms with E-state index in [1.54, 1.807) is 48.5 Å². The molecule has 0 radical (unpaired) electrons. The van der Waals surface area contributed by atoms with Crippen molar-refractivity contribution in [1.29, 1.82) is 0 Å². The number of hydrogen-bond donors (Lipinski definition) is 2. The van der Waals surface area contributed by atoms with Gasteiger partial charge in [0.1, 0.15) is 11.5 Å². The largest absolute Gasteiger partial charge is 0.506 e. The molecule has 44 heavy (non-hydrogen) atoms. The van der Waals surface area contributed by atoms with E-state index < -0.39 is 10.8 Å². The molecule has 1 aliphatic carbocycles. The van der Waals surface area contributed by atoms with Gasteiger partial charge in [-0.2, -0.15) is 0 Å². The van der Waals surface area contributed by atoms with Crippen LogP contribution in [0.15, 0.2) is 78.0 Å². The maximum atomic E-state index is 13.3. The van der Waals surface area contributed by atoms with Crippen LogP contribution in [0, 0.1) is 17.0 Å². The SMILES string of the molecule is Cc1ccccc1NC(=O)c1cc(Oc2ccc(CSc3nnnn3C3CCCCC3)cc2[N+](=O)[O-])c2ccccc2c1O. The summed E-state index contributed by atoms with van der Waals surface area (Å²) in [4.78, 5) is 25.0. The fourth-order valence-electron chi connectivity index (χ4n) is 5.47. The minimum absolute atomic E-state index is 0.0110. The second-order valence-electron chi connectivity index (χ2n) is 10.7. The number of fused-ring (bicyclic) bond motifs is 1. The summed E-state index contributed by atoms with van der Waals surface area (Å²) in [5.74, 6) is -0.108. The number of nitrogens with zero attached hydrogens (tertiary/aromatic N) is 5. The number of aromatic hydroxyl groups is 1. The monoisotopic (exact) mass is 610 g/mol. The number of tetrazole rings is 1. The molecule has 4 aromatic carbocycles. The molecule has 12 heteroatoms. The van der Waals surface area contributed by atoms with E-state index in [9.17, 15) is 20.0 Å². The first-order chi connectivity index (χ1) is 21.4. The van der Waals surface area contributed by atoms with Gasteiger partial charge in [-0.3, -0.25) is 14.9 Å². The predicted octanol–water partition coefficient (Wildman–Crippen LogP) is 7.59. The summed E-state index contributed by atoms with van der Waals surface area (Å²) < 4.78 is 8.01. The van der Waals surface area contributed by atoms with E-state index in [4.69, 9.17) is 4.74 Å². The maximum Gasteiger partial charge on any atom is 0.311 e. The number of aryl methyl sites for hydroxylation is 1. The van der Waals surface area contributed by atoms with E-state index in [1.807, 2.05) is 23.7 Å². The van der Waals surface area contributed by atoms with Crippen molar-refractivity contribution in [1.82, 2.24) is 20.2 Å². The average molecular weight is 611 g/mol. The van der Waals surface area contributed by atoms with Crippen LogP contribution >= 0.6 is 11.8 Å². The van der Waals surface area contributed by atoms with Crippen LogP contribution in [0.4, 0.5) is 11.4 Å². The van der Waals surface area contributed by atoms with Gasteiger partial charge < -0.3 is 15.2 Å². The summed E-state index contributed by atoms with van der Waals surface area (Å²) in [6.45, 7) is 1.87. The Morgan fingerprint density at radius 3 is 2.57 bits per heavy atom. The van der Waals surface area contributed by atoms with Crippen LogP contribution in [0.2, 0.25) is 0 Å². The smallest absolute Gasteiger partial charge is 0.311 e. The Kier molecular flexibility index (Phi) is 8.42. The zero-order valence-corrected chi connectivity index (χ0v) is 24.8. The first-order valence-corrected chi connectivity index (χ1v) is 15.3. The Hall–Kier alpha value is -4.97. The van der Waals surface area contributed by atoms with E-state index in [-0.39, 0.29) is 34.5 Å². The minimum atomic E-state index is -0.537. The van der Waals surface area contributed by atoms with Crippen molar-refractivity contribution in [2.45, 2.75) is 56.0 Å². The van der Waals surface area contributed by atoms with Crippen molar-refractivity contribution < 1.29 is 19.6 Å². The molecule has 0 atom stereocenters. The zero-order chi connectivity index (χ0) is 30.6. The summed E-state index contributed by atoms with van der Waals surface area (Å²) in [6, 6.07) is 20.6. The lowest BCUT2D eigenvalue weighted by Gasteiger charge is -2.21. The topological polar surface area (TPSA) is 145 Å². The number of amides is 1. The number of carbonyl (C=O) groups excluding carboxylic acids is 1. The third kappa shape index (κ3) is 6.06. The van der Waals surface area contributed by atoms with Crippen LogP contribution in [0.1, 0.15) is 59.6 Å². The molecule has 1 saturated carbocycles. The van der Waals surface area contributed by atoms with Crippen LogP contribution in [0.25, 0.3) is 10.8 Å². The van der Waals surface area contributed by atoms with Crippen LogP contribution in [0.3, 0.4) is 0 Å². The van der Waals surface area contributed by atoms with Crippen molar-refractivity contribution >= 4 is 39.8 Å². The van der Waals surface area contributed by atoms with Gasteiger partial charge in [0.15, 0.2) is 0 Å². The van der Waals surface area contributed by atoms with Crippen molar-refractivity contribution in [3.05, 3.63) is 99.6 Å². The number of ether oxygens (including phenoxy) is 1. The van der Waals surface area contributed by atoms with Gasteiger partial charge in [0.25, 0.3) is 5.91 Å². The lowest BCUT2D eigenvalue weighted by molar-refractivity contribution is -0.385. The van der Waals surface area contributed by atoms with Crippen molar-refractivity contribution in [3.8, 4) is 17.2 Å². The Morgan fingerprint density at radius 2 is 1.80 bits per heavy atom. The number of phenolic OH excluding ortho intramolecular Hbond substituents is 1. The van der Waals surface area contributed by atoms with Crippen LogP contribution in [-0.4, -0.2) is 36.1 Å². The number of carbonyl (C=O) groups is 1. The molecule has 1 amide bonds. The number of hydrogen-bond acceptors (Lipinski definition) is 9. The normalized spacial score (nSPS) is 13.6. The number of aromatic nitrogens is 4. The molecule has 2 N–H and O–H groups in total. The Morgan fingerprint density at radius 1 is 1.05 bits per heavy atom. The number of nitro benzene ring substituents is 1. The van der Waals surface area contributed by atoms with E-state index in [1.165, 1.54) is 30.3 Å². The highest BCUT2D eigenvalue weighted by Crippen LogP contribution is 2.41. The second-order valence-corrected chi connectivity index (χ2v) is 11.7. The standard InChI is InChI=1S/C32H30N6O5S/c1-20-9-5-8-14-26(20)33-31(40)25-18-29(23-12-6-7-13-24(23)30(25)39)43-28-16-15-21(17-27(28)38(41)42)19-44-32-34-35-36-37(32)22-10-3-2-4-11-22/h5-9,12-18,22,39H,2-4,10-11,19H2,1H3,(H,33,40). The molecular weight excluding hydrogens is 580 g/mol. The first kappa shape index (κ1) is 29.1. The molecule has 0 saturated heterocycles. The van der Waals surface area contributed by atoms with Crippen molar-refractivity contribution in [2.24, 2.45) is 0 Å². The number of nitro groups is 1. The van der Waals surface area contributed by atoms with Crippen molar-refractivity contribution in [2.75, 3.05) is 5.32 Å². The molecule has 224 valence electrons. The molecule has 1 heterocycles. The molecule has 0 unspecified atom stereocenters.